The number of rotatable bonds is 0. The standard InChI is InChI=1S/5C6H10O/c5*7-6-4-2-1-3-5-6/h5*1-5H2. The van der Waals surface area contributed by atoms with Crippen LogP contribution in [0.15, 0.2) is 0 Å². The second-order valence-corrected chi connectivity index (χ2v) is 10.5. The second kappa shape index (κ2) is 21.6. The zero-order valence-electron chi connectivity index (χ0n) is 22.2. The van der Waals surface area contributed by atoms with Gasteiger partial charge in [0.1, 0.15) is 28.9 Å². The third kappa shape index (κ3) is 20.3. The molecule has 0 radical (unpaired) electrons. The van der Waals surface area contributed by atoms with Gasteiger partial charge in [-0.05, 0) is 64.2 Å². The summed E-state index contributed by atoms with van der Waals surface area (Å²) in [5.41, 5.74) is 0. The largest absolute Gasteiger partial charge is 0.300 e. The van der Waals surface area contributed by atoms with E-state index in [9.17, 15) is 24.0 Å². The predicted octanol–water partition coefficient (Wildman–Crippen LogP) is 7.60. The first kappa shape index (κ1) is 31.4. The normalized spacial score (nSPS) is 22.6. The minimum atomic E-state index is 0.464. The molecular formula is C30H50O5. The van der Waals surface area contributed by atoms with E-state index in [-0.39, 0.29) is 0 Å². The van der Waals surface area contributed by atoms with Gasteiger partial charge in [-0.1, -0.05) is 32.1 Å². The van der Waals surface area contributed by atoms with E-state index in [0.717, 1.165) is 128 Å². The maximum atomic E-state index is 10.5. The Morgan fingerprint density at radius 3 is 0.371 bits per heavy atom. The number of Topliss-reactive ketones (excluding diaryl/α,β-unsaturated/α-hetero) is 5. The smallest absolute Gasteiger partial charge is 0.132 e. The lowest BCUT2D eigenvalue weighted by atomic mass is 10.00. The molecular weight excluding hydrogens is 440 g/mol. The molecule has 5 saturated carbocycles. The Labute approximate surface area is 213 Å². The topological polar surface area (TPSA) is 85.3 Å². The van der Waals surface area contributed by atoms with Crippen LogP contribution in [0, 0.1) is 0 Å². The van der Waals surface area contributed by atoms with Gasteiger partial charge in [-0.15, -0.1) is 0 Å². The highest BCUT2D eigenvalue weighted by molar-refractivity contribution is 5.80. The summed E-state index contributed by atoms with van der Waals surface area (Å²) in [4.78, 5) is 52.3. The second-order valence-electron chi connectivity index (χ2n) is 10.5. The van der Waals surface area contributed by atoms with Gasteiger partial charge in [-0.25, -0.2) is 0 Å². The van der Waals surface area contributed by atoms with E-state index in [1.807, 2.05) is 0 Å². The fraction of sp³-hybridized carbons (Fsp3) is 0.833. The van der Waals surface area contributed by atoms with E-state index in [2.05, 4.69) is 0 Å². The summed E-state index contributed by atoms with van der Waals surface area (Å²) in [7, 11) is 0. The zero-order valence-corrected chi connectivity index (χ0v) is 22.2. The third-order valence-corrected chi connectivity index (χ3v) is 7.06. The van der Waals surface area contributed by atoms with E-state index < -0.39 is 0 Å². The number of hydrogen-bond acceptors (Lipinski definition) is 5. The van der Waals surface area contributed by atoms with Gasteiger partial charge in [0.05, 0.1) is 0 Å². The van der Waals surface area contributed by atoms with E-state index in [1.165, 1.54) is 32.1 Å². The Morgan fingerprint density at radius 1 is 0.200 bits per heavy atom. The van der Waals surface area contributed by atoms with Crippen molar-refractivity contribution in [1.82, 2.24) is 0 Å². The highest BCUT2D eigenvalue weighted by atomic mass is 16.1. The van der Waals surface area contributed by atoms with Crippen molar-refractivity contribution in [2.75, 3.05) is 0 Å². The summed E-state index contributed by atoms with van der Waals surface area (Å²) in [6.07, 6.45) is 26.2. The molecule has 0 heterocycles. The highest BCUT2D eigenvalue weighted by Gasteiger charge is 2.08. The van der Waals surface area contributed by atoms with Crippen LogP contribution in [0.5, 0.6) is 0 Å². The van der Waals surface area contributed by atoms with Crippen LogP contribution in [-0.2, 0) is 24.0 Å². The first-order chi connectivity index (χ1) is 17.0. The molecule has 0 spiro atoms. The Morgan fingerprint density at radius 2 is 0.314 bits per heavy atom. The van der Waals surface area contributed by atoms with Gasteiger partial charge >= 0.3 is 0 Å². The van der Waals surface area contributed by atoms with Gasteiger partial charge in [0.2, 0.25) is 0 Å². The fourth-order valence-corrected chi connectivity index (χ4v) is 4.73. The average molecular weight is 491 g/mol. The van der Waals surface area contributed by atoms with Crippen LogP contribution in [0.1, 0.15) is 161 Å². The van der Waals surface area contributed by atoms with Gasteiger partial charge in [0.25, 0.3) is 0 Å². The molecule has 0 aromatic rings. The van der Waals surface area contributed by atoms with Crippen molar-refractivity contribution < 1.29 is 24.0 Å². The Hall–Kier alpha value is -1.65. The quantitative estimate of drug-likeness (QED) is 0.349. The molecule has 5 rings (SSSR count). The molecule has 200 valence electrons. The minimum Gasteiger partial charge on any atom is -0.300 e. The Kier molecular flexibility index (Phi) is 19.4. The van der Waals surface area contributed by atoms with Crippen molar-refractivity contribution in [2.24, 2.45) is 0 Å². The van der Waals surface area contributed by atoms with Gasteiger partial charge in [0.15, 0.2) is 0 Å². The fourth-order valence-electron chi connectivity index (χ4n) is 4.73. The number of hydrogen-bond donors (Lipinski definition) is 0. The SMILES string of the molecule is O=C1CCCCC1.O=C1CCCCC1.O=C1CCCCC1.O=C1CCCCC1.O=C1CCCCC1. The van der Waals surface area contributed by atoms with Gasteiger partial charge in [0, 0.05) is 64.2 Å². The molecule has 35 heavy (non-hydrogen) atoms. The van der Waals surface area contributed by atoms with E-state index in [4.69, 9.17) is 0 Å². The summed E-state index contributed by atoms with van der Waals surface area (Å²) < 4.78 is 0. The molecule has 0 aromatic carbocycles. The van der Waals surface area contributed by atoms with Crippen LogP contribution in [0.3, 0.4) is 0 Å². The molecule has 5 nitrogen and oxygen atoms in total. The molecule has 0 saturated heterocycles. The van der Waals surface area contributed by atoms with Crippen LogP contribution in [0.4, 0.5) is 0 Å². The molecule has 0 amide bonds. The lowest BCUT2D eigenvalue weighted by molar-refractivity contribution is -0.121. The lowest BCUT2D eigenvalue weighted by Crippen LogP contribution is -2.02. The molecule has 5 aliphatic rings. The summed E-state index contributed by atoms with van der Waals surface area (Å²) in [6, 6.07) is 0. The third-order valence-electron chi connectivity index (χ3n) is 7.06. The van der Waals surface area contributed by atoms with Crippen LogP contribution < -0.4 is 0 Å². The van der Waals surface area contributed by atoms with Crippen molar-refractivity contribution in [2.45, 2.75) is 161 Å². The molecule has 0 N–H and O–H groups in total. The number of carbonyl (C=O) groups is 5. The summed E-state index contributed by atoms with van der Waals surface area (Å²) in [5.74, 6) is 2.32. The monoisotopic (exact) mass is 490 g/mol. The zero-order chi connectivity index (χ0) is 25.6. The molecule has 0 atom stereocenters. The molecule has 5 heteroatoms. The van der Waals surface area contributed by atoms with Crippen molar-refractivity contribution in [3.63, 3.8) is 0 Å². The van der Waals surface area contributed by atoms with Crippen LogP contribution in [-0.4, -0.2) is 28.9 Å². The Bertz CT molecular complexity index is 469. The lowest BCUT2D eigenvalue weighted by Gasteiger charge is -2.05. The maximum absolute atomic E-state index is 10.5. The van der Waals surface area contributed by atoms with Crippen molar-refractivity contribution in [1.29, 1.82) is 0 Å². The molecule has 0 bridgehead atoms. The number of ketones is 5. The van der Waals surface area contributed by atoms with E-state index >= 15 is 0 Å². The number of carbonyl (C=O) groups excluding carboxylic acids is 5. The first-order valence-electron chi connectivity index (χ1n) is 14.6. The van der Waals surface area contributed by atoms with Crippen LogP contribution in [0.2, 0.25) is 0 Å². The van der Waals surface area contributed by atoms with Crippen molar-refractivity contribution >= 4 is 28.9 Å². The van der Waals surface area contributed by atoms with E-state index in [0.29, 0.717) is 28.9 Å². The summed E-state index contributed by atoms with van der Waals surface area (Å²) >= 11 is 0. The summed E-state index contributed by atoms with van der Waals surface area (Å²) in [6.45, 7) is 0. The van der Waals surface area contributed by atoms with Crippen molar-refractivity contribution in [3.8, 4) is 0 Å². The molecule has 5 fully saturated rings. The summed E-state index contributed by atoms with van der Waals surface area (Å²) in [5, 5.41) is 0. The van der Waals surface area contributed by atoms with Crippen LogP contribution >= 0.6 is 0 Å². The highest BCUT2D eigenvalue weighted by Crippen LogP contribution is 2.14. The Balaban J connectivity index is 0.000000219. The molecule has 0 aliphatic heterocycles. The average Bonchev–Trinajstić information content (AvgIpc) is 2.88. The molecule has 0 unspecified atom stereocenters. The van der Waals surface area contributed by atoms with E-state index in [1.54, 1.807) is 0 Å². The minimum absolute atomic E-state index is 0.464. The molecule has 5 aliphatic carbocycles. The first-order valence-corrected chi connectivity index (χ1v) is 14.6. The predicted molar refractivity (Wildman–Crippen MR) is 140 cm³/mol. The molecule has 0 aromatic heterocycles. The van der Waals surface area contributed by atoms with Crippen LogP contribution in [0.25, 0.3) is 0 Å². The maximum Gasteiger partial charge on any atom is 0.132 e. The van der Waals surface area contributed by atoms with Gasteiger partial charge < -0.3 is 0 Å². The van der Waals surface area contributed by atoms with Gasteiger partial charge in [-0.2, -0.15) is 0 Å². The van der Waals surface area contributed by atoms with Crippen molar-refractivity contribution in [3.05, 3.63) is 0 Å². The van der Waals surface area contributed by atoms with Gasteiger partial charge in [-0.3, -0.25) is 24.0 Å².